The van der Waals surface area contributed by atoms with E-state index in [4.69, 9.17) is 19.9 Å². The number of benzene rings is 6. The molecule has 0 amide bonds. The molecular weight excluding hydrogens is 597 g/mol. The van der Waals surface area contributed by atoms with Gasteiger partial charge in [0.2, 0.25) is 0 Å². The third kappa shape index (κ3) is 5.01. The van der Waals surface area contributed by atoms with Crippen molar-refractivity contribution in [2.75, 3.05) is 0 Å². The molecule has 2 heterocycles. The topological polar surface area (TPSA) is 51.6 Å². The average molecular weight is 629 g/mol. The number of pyridine rings is 1. The van der Waals surface area contributed by atoms with Gasteiger partial charge in [-0.15, -0.1) is 0 Å². The van der Waals surface area contributed by atoms with Crippen molar-refractivity contribution in [1.29, 1.82) is 0 Å². The molecule has 0 aliphatic heterocycles. The van der Waals surface area contributed by atoms with Crippen LogP contribution < -0.4 is 0 Å². The Morgan fingerprint density at radius 1 is 0.429 bits per heavy atom. The zero-order valence-corrected chi connectivity index (χ0v) is 27.3. The molecule has 0 saturated carbocycles. The smallest absolute Gasteiger partial charge is 0.165 e. The standard InChI is InChI=1S/C45H32N4/c1-45(2)39-27-34(22-24-37(39)38-25-21-30-11-9-10-16-36(30)41(38)45)29-17-19-33(20-18-29)43-47-42(32-14-7-4-8-15-32)48-44(49-43)35-23-26-40(46-28-35)31-12-5-3-6-13-31/h3-28H,1-2H3. The number of fused-ring (bicyclic) bond motifs is 5. The van der Waals surface area contributed by atoms with Gasteiger partial charge in [0.1, 0.15) is 0 Å². The van der Waals surface area contributed by atoms with Gasteiger partial charge in [-0.2, -0.15) is 0 Å². The molecule has 0 N–H and O–H groups in total. The van der Waals surface area contributed by atoms with E-state index < -0.39 is 0 Å². The fraction of sp³-hybridized carbons (Fsp3) is 0.0667. The molecule has 9 rings (SSSR count). The van der Waals surface area contributed by atoms with E-state index in [1.807, 2.05) is 66.9 Å². The molecule has 49 heavy (non-hydrogen) atoms. The highest BCUT2D eigenvalue weighted by atomic mass is 15.0. The molecule has 4 heteroatoms. The molecule has 0 atom stereocenters. The minimum atomic E-state index is -0.106. The van der Waals surface area contributed by atoms with E-state index in [0.29, 0.717) is 17.5 Å². The van der Waals surface area contributed by atoms with Crippen LogP contribution in [0.2, 0.25) is 0 Å². The Morgan fingerprint density at radius 2 is 0.980 bits per heavy atom. The number of aromatic nitrogens is 4. The summed E-state index contributed by atoms with van der Waals surface area (Å²) in [6.45, 7) is 4.70. The van der Waals surface area contributed by atoms with Crippen molar-refractivity contribution < 1.29 is 0 Å². The van der Waals surface area contributed by atoms with Crippen molar-refractivity contribution in [2.45, 2.75) is 19.3 Å². The Kier molecular flexibility index (Phi) is 6.77. The summed E-state index contributed by atoms with van der Waals surface area (Å²) in [6.07, 6.45) is 1.84. The number of rotatable bonds is 5. The lowest BCUT2D eigenvalue weighted by atomic mass is 9.79. The van der Waals surface area contributed by atoms with Gasteiger partial charge in [0.05, 0.1) is 5.69 Å². The number of hydrogen-bond donors (Lipinski definition) is 0. The van der Waals surface area contributed by atoms with Crippen LogP contribution in [0, 0.1) is 0 Å². The maximum absolute atomic E-state index is 4.96. The molecule has 0 bridgehead atoms. The number of hydrogen-bond acceptors (Lipinski definition) is 4. The highest BCUT2D eigenvalue weighted by Crippen LogP contribution is 2.52. The van der Waals surface area contributed by atoms with Crippen molar-refractivity contribution in [1.82, 2.24) is 19.9 Å². The van der Waals surface area contributed by atoms with E-state index in [0.717, 1.165) is 33.5 Å². The van der Waals surface area contributed by atoms with Gasteiger partial charge in [-0.1, -0.05) is 147 Å². The Morgan fingerprint density at radius 3 is 1.67 bits per heavy atom. The Hall–Kier alpha value is -6.26. The quantitative estimate of drug-likeness (QED) is 0.190. The van der Waals surface area contributed by atoms with Crippen LogP contribution in [0.4, 0.5) is 0 Å². The monoisotopic (exact) mass is 628 g/mol. The van der Waals surface area contributed by atoms with Crippen LogP contribution in [0.5, 0.6) is 0 Å². The van der Waals surface area contributed by atoms with Crippen molar-refractivity contribution in [3.8, 4) is 67.7 Å². The molecule has 0 fully saturated rings. The highest BCUT2D eigenvalue weighted by molar-refractivity contribution is 5.98. The molecule has 4 nitrogen and oxygen atoms in total. The first-order chi connectivity index (χ1) is 24.0. The molecule has 2 aromatic heterocycles. The lowest BCUT2D eigenvalue weighted by molar-refractivity contribution is 0.666. The molecule has 0 unspecified atom stereocenters. The van der Waals surface area contributed by atoms with Crippen molar-refractivity contribution in [2.24, 2.45) is 0 Å². The van der Waals surface area contributed by atoms with Crippen LogP contribution in [-0.2, 0) is 5.41 Å². The molecule has 6 aromatic carbocycles. The van der Waals surface area contributed by atoms with Gasteiger partial charge < -0.3 is 0 Å². The summed E-state index contributed by atoms with van der Waals surface area (Å²) < 4.78 is 0. The summed E-state index contributed by atoms with van der Waals surface area (Å²) in [4.78, 5) is 19.5. The zero-order chi connectivity index (χ0) is 33.0. The molecule has 0 spiro atoms. The van der Waals surface area contributed by atoms with Gasteiger partial charge >= 0.3 is 0 Å². The van der Waals surface area contributed by atoms with Gasteiger partial charge in [-0.05, 0) is 62.4 Å². The van der Waals surface area contributed by atoms with Crippen LogP contribution in [-0.4, -0.2) is 19.9 Å². The molecule has 232 valence electrons. The molecule has 0 radical (unpaired) electrons. The zero-order valence-electron chi connectivity index (χ0n) is 27.3. The summed E-state index contributed by atoms with van der Waals surface area (Å²) >= 11 is 0. The minimum Gasteiger partial charge on any atom is -0.255 e. The van der Waals surface area contributed by atoms with E-state index in [9.17, 15) is 0 Å². The fourth-order valence-corrected chi connectivity index (χ4v) is 7.25. The fourth-order valence-electron chi connectivity index (χ4n) is 7.25. The Balaban J connectivity index is 1.08. The minimum absolute atomic E-state index is 0.106. The summed E-state index contributed by atoms with van der Waals surface area (Å²) in [7, 11) is 0. The predicted octanol–water partition coefficient (Wildman–Crippen LogP) is 11.1. The van der Waals surface area contributed by atoms with Crippen molar-refractivity contribution >= 4 is 10.8 Å². The molecule has 1 aliphatic rings. The largest absolute Gasteiger partial charge is 0.255 e. The molecule has 1 aliphatic carbocycles. The van der Waals surface area contributed by atoms with Crippen LogP contribution in [0.1, 0.15) is 25.0 Å². The van der Waals surface area contributed by atoms with E-state index in [1.54, 1.807) is 0 Å². The summed E-state index contributed by atoms with van der Waals surface area (Å²) in [6, 6.07) is 53.0. The molecular formula is C45H32N4. The summed E-state index contributed by atoms with van der Waals surface area (Å²) in [5.74, 6) is 1.85. The van der Waals surface area contributed by atoms with Crippen molar-refractivity contribution in [3.05, 3.63) is 169 Å². The first kappa shape index (κ1) is 28.9. The second kappa shape index (κ2) is 11.5. The van der Waals surface area contributed by atoms with Crippen LogP contribution >= 0.6 is 0 Å². The predicted molar refractivity (Wildman–Crippen MR) is 200 cm³/mol. The van der Waals surface area contributed by atoms with Crippen LogP contribution in [0.15, 0.2) is 158 Å². The second-order valence-corrected chi connectivity index (χ2v) is 13.1. The summed E-state index contributed by atoms with van der Waals surface area (Å²) in [5, 5.41) is 2.62. The third-order valence-electron chi connectivity index (χ3n) is 9.77. The van der Waals surface area contributed by atoms with E-state index in [2.05, 4.69) is 105 Å². The maximum atomic E-state index is 4.96. The first-order valence-corrected chi connectivity index (χ1v) is 16.6. The van der Waals surface area contributed by atoms with Crippen LogP contribution in [0.3, 0.4) is 0 Å². The van der Waals surface area contributed by atoms with E-state index in [-0.39, 0.29) is 5.41 Å². The molecule has 0 saturated heterocycles. The highest BCUT2D eigenvalue weighted by Gasteiger charge is 2.37. The first-order valence-electron chi connectivity index (χ1n) is 16.6. The SMILES string of the molecule is CC1(C)c2cc(-c3ccc(-c4nc(-c5ccccc5)nc(-c5ccc(-c6ccccc6)nc5)n4)cc3)ccc2-c2ccc3ccccc3c21. The maximum Gasteiger partial charge on any atom is 0.165 e. The molecule has 8 aromatic rings. The van der Waals surface area contributed by atoms with Gasteiger partial charge in [0.15, 0.2) is 17.5 Å². The van der Waals surface area contributed by atoms with Gasteiger partial charge in [-0.3, -0.25) is 4.98 Å². The van der Waals surface area contributed by atoms with Gasteiger partial charge in [0, 0.05) is 33.9 Å². The van der Waals surface area contributed by atoms with Crippen molar-refractivity contribution in [3.63, 3.8) is 0 Å². The lowest BCUT2D eigenvalue weighted by Gasteiger charge is -2.23. The average Bonchev–Trinajstić information content (AvgIpc) is 3.41. The summed E-state index contributed by atoms with van der Waals surface area (Å²) in [5.41, 5.74) is 12.4. The normalized spacial score (nSPS) is 12.9. The Labute approximate surface area is 285 Å². The lowest BCUT2D eigenvalue weighted by Crippen LogP contribution is -2.15. The second-order valence-electron chi connectivity index (χ2n) is 13.1. The van der Waals surface area contributed by atoms with E-state index >= 15 is 0 Å². The Bertz CT molecular complexity index is 2490. The third-order valence-corrected chi connectivity index (χ3v) is 9.77. The van der Waals surface area contributed by atoms with Gasteiger partial charge in [0.25, 0.3) is 0 Å². The number of nitrogens with zero attached hydrogens (tertiary/aromatic N) is 4. The van der Waals surface area contributed by atoms with Gasteiger partial charge in [-0.25, -0.2) is 15.0 Å². The van der Waals surface area contributed by atoms with E-state index in [1.165, 1.54) is 38.6 Å². The van der Waals surface area contributed by atoms with Crippen LogP contribution in [0.25, 0.3) is 78.4 Å².